The fraction of sp³-hybridized carbons (Fsp3) is 0.400. The molecule has 2 atom stereocenters. The number of alkyl halides is 3. The molecule has 2 unspecified atom stereocenters. The van der Waals surface area contributed by atoms with E-state index in [1.165, 1.54) is 37.6 Å². The molecule has 0 saturated carbocycles. The van der Waals surface area contributed by atoms with E-state index < -0.39 is 42.9 Å². The summed E-state index contributed by atoms with van der Waals surface area (Å²) in [7, 11) is 1.40. The Morgan fingerprint density at radius 1 is 1.33 bits per heavy atom. The number of rotatable bonds is 5. The third kappa shape index (κ3) is 4.69. The Kier molecular flexibility index (Phi) is 6.54. The summed E-state index contributed by atoms with van der Waals surface area (Å²) >= 11 is 6.06. The van der Waals surface area contributed by atoms with Gasteiger partial charge in [-0.05, 0) is 28.8 Å². The van der Waals surface area contributed by atoms with Crippen LogP contribution in [0.5, 0.6) is 0 Å². The van der Waals surface area contributed by atoms with Crippen LogP contribution in [-0.2, 0) is 27.3 Å². The molecule has 0 spiro atoms. The van der Waals surface area contributed by atoms with Crippen molar-refractivity contribution < 1.29 is 32.5 Å². The Bertz CT molecular complexity index is 1000. The highest BCUT2D eigenvalue weighted by atomic mass is 35.5. The number of nitrogens with zero attached hydrogens (tertiary/aromatic N) is 1. The molecule has 0 aliphatic carbocycles. The Morgan fingerprint density at radius 3 is 2.67 bits per heavy atom. The van der Waals surface area contributed by atoms with Crippen LogP contribution in [0.1, 0.15) is 23.6 Å². The van der Waals surface area contributed by atoms with Crippen LogP contribution in [0.25, 0.3) is 11.1 Å². The maximum atomic E-state index is 13.4. The highest BCUT2D eigenvalue weighted by Crippen LogP contribution is 2.36. The van der Waals surface area contributed by atoms with E-state index in [9.17, 15) is 27.9 Å². The van der Waals surface area contributed by atoms with Crippen molar-refractivity contribution in [1.29, 1.82) is 0 Å². The zero-order chi connectivity index (χ0) is 22.1. The highest BCUT2D eigenvalue weighted by Gasteiger charge is 2.42. The zero-order valence-corrected chi connectivity index (χ0v) is 16.7. The number of ether oxygens (including phenoxy) is 2. The summed E-state index contributed by atoms with van der Waals surface area (Å²) in [5.74, 6) is -1.25. The minimum Gasteiger partial charge on any atom is -0.480 e. The molecule has 2 aromatic rings. The number of halogens is 4. The average Bonchev–Trinajstić information content (AvgIpc) is 2.65. The fourth-order valence-corrected chi connectivity index (χ4v) is 3.62. The number of hydrogen-bond acceptors (Lipinski definition) is 4. The number of carbonyl (C=O) groups is 1. The molecule has 0 bridgehead atoms. The average molecular weight is 446 g/mol. The van der Waals surface area contributed by atoms with Gasteiger partial charge in [0.15, 0.2) is 6.10 Å². The first kappa shape index (κ1) is 22.3. The first-order chi connectivity index (χ1) is 14.1. The van der Waals surface area contributed by atoms with Gasteiger partial charge in [0.1, 0.15) is 6.04 Å². The van der Waals surface area contributed by atoms with Gasteiger partial charge in [-0.2, -0.15) is 13.2 Å². The van der Waals surface area contributed by atoms with Gasteiger partial charge < -0.3 is 19.1 Å². The van der Waals surface area contributed by atoms with Crippen LogP contribution in [0.15, 0.2) is 35.3 Å². The number of carboxylic acids is 1. The second-order valence-corrected chi connectivity index (χ2v) is 7.38. The normalized spacial score (nSPS) is 17.4. The van der Waals surface area contributed by atoms with Crippen LogP contribution in [-0.4, -0.2) is 41.6 Å². The summed E-state index contributed by atoms with van der Waals surface area (Å²) in [6, 6.07) is 4.42. The molecule has 1 aromatic heterocycles. The van der Waals surface area contributed by atoms with E-state index in [0.717, 1.165) is 4.57 Å². The summed E-state index contributed by atoms with van der Waals surface area (Å²) in [5.41, 5.74) is 0.745. The fourth-order valence-electron chi connectivity index (χ4n) is 3.45. The zero-order valence-electron chi connectivity index (χ0n) is 15.9. The topological polar surface area (TPSA) is 77.8 Å². The summed E-state index contributed by atoms with van der Waals surface area (Å²) in [5, 5.41) is 9.82. The van der Waals surface area contributed by atoms with Gasteiger partial charge in [-0.25, -0.2) is 4.79 Å². The first-order valence-electron chi connectivity index (χ1n) is 9.05. The molecule has 162 valence electrons. The summed E-state index contributed by atoms with van der Waals surface area (Å²) in [6.45, 7) is -0.353. The van der Waals surface area contributed by atoms with E-state index in [0.29, 0.717) is 21.7 Å². The SMILES string of the molecule is COCCC(C(=O)O)n1cc2c(cc1=O)-c1cc(Cl)ccc1CC(C(F)(F)F)OC2. The maximum Gasteiger partial charge on any atom is 0.414 e. The summed E-state index contributed by atoms with van der Waals surface area (Å²) in [4.78, 5) is 24.4. The minimum atomic E-state index is -4.59. The monoisotopic (exact) mass is 445 g/mol. The summed E-state index contributed by atoms with van der Waals surface area (Å²) in [6.07, 6.45) is -5.81. The van der Waals surface area contributed by atoms with Gasteiger partial charge in [-0.15, -0.1) is 0 Å². The van der Waals surface area contributed by atoms with Crippen LogP contribution < -0.4 is 5.56 Å². The van der Waals surface area contributed by atoms with E-state index in [1.54, 1.807) is 0 Å². The first-order valence-corrected chi connectivity index (χ1v) is 9.43. The Morgan fingerprint density at radius 2 is 2.03 bits per heavy atom. The van der Waals surface area contributed by atoms with Gasteiger partial charge in [0.05, 0.1) is 6.61 Å². The van der Waals surface area contributed by atoms with E-state index in [2.05, 4.69) is 0 Å². The molecular weight excluding hydrogens is 427 g/mol. The maximum absolute atomic E-state index is 13.4. The molecule has 1 aliphatic heterocycles. The molecule has 1 aliphatic rings. The molecule has 0 fully saturated rings. The van der Waals surface area contributed by atoms with Gasteiger partial charge in [-0.1, -0.05) is 17.7 Å². The van der Waals surface area contributed by atoms with E-state index >= 15 is 0 Å². The molecule has 6 nitrogen and oxygen atoms in total. The van der Waals surface area contributed by atoms with Crippen molar-refractivity contribution in [1.82, 2.24) is 4.57 Å². The minimum absolute atomic E-state index is 0.0129. The lowest BCUT2D eigenvalue weighted by molar-refractivity contribution is -0.223. The van der Waals surface area contributed by atoms with Gasteiger partial charge in [0, 0.05) is 49.4 Å². The van der Waals surface area contributed by atoms with E-state index in [1.807, 2.05) is 0 Å². The third-order valence-corrected chi connectivity index (χ3v) is 5.19. The lowest BCUT2D eigenvalue weighted by atomic mass is 9.92. The van der Waals surface area contributed by atoms with Crippen molar-refractivity contribution in [2.75, 3.05) is 13.7 Å². The van der Waals surface area contributed by atoms with Crippen LogP contribution in [0.4, 0.5) is 13.2 Å². The quantitative estimate of drug-likeness (QED) is 0.756. The predicted molar refractivity (Wildman–Crippen MR) is 103 cm³/mol. The van der Waals surface area contributed by atoms with Crippen molar-refractivity contribution in [2.24, 2.45) is 0 Å². The van der Waals surface area contributed by atoms with E-state index in [-0.39, 0.29) is 18.6 Å². The Labute approximate surface area is 174 Å². The number of aliphatic carboxylic acids is 1. The smallest absolute Gasteiger partial charge is 0.414 e. The number of pyridine rings is 1. The largest absolute Gasteiger partial charge is 0.480 e. The second-order valence-electron chi connectivity index (χ2n) is 6.94. The van der Waals surface area contributed by atoms with Gasteiger partial charge in [0.2, 0.25) is 0 Å². The third-order valence-electron chi connectivity index (χ3n) is 4.95. The van der Waals surface area contributed by atoms with Gasteiger partial charge >= 0.3 is 12.1 Å². The second kappa shape index (κ2) is 8.79. The standard InChI is InChI=1S/C20H19ClF3NO5/c1-29-5-4-16(19(27)28)25-9-12-10-30-17(20(22,23)24)6-11-2-3-13(21)7-14(11)15(12)8-18(25)26/h2-3,7-9,16-17H,4-6,10H2,1H3,(H,27,28). The lowest BCUT2D eigenvalue weighted by Crippen LogP contribution is -2.35. The van der Waals surface area contributed by atoms with Crippen LogP contribution in [0.2, 0.25) is 5.02 Å². The van der Waals surface area contributed by atoms with E-state index in [4.69, 9.17) is 21.1 Å². The number of fused-ring (bicyclic) bond motifs is 3. The molecule has 1 aromatic carbocycles. The predicted octanol–water partition coefficient (Wildman–Crippen LogP) is 3.83. The van der Waals surface area contributed by atoms with Gasteiger partial charge in [-0.3, -0.25) is 4.79 Å². The Hall–Kier alpha value is -2.36. The molecule has 30 heavy (non-hydrogen) atoms. The lowest BCUT2D eigenvalue weighted by Gasteiger charge is -2.27. The summed E-state index contributed by atoms with van der Waals surface area (Å²) < 4.78 is 51.3. The highest BCUT2D eigenvalue weighted by molar-refractivity contribution is 6.30. The molecule has 0 amide bonds. The Balaban J connectivity index is 2.17. The van der Waals surface area contributed by atoms with Crippen LogP contribution in [0.3, 0.4) is 0 Å². The van der Waals surface area contributed by atoms with Crippen molar-refractivity contribution in [3.8, 4) is 11.1 Å². The molecule has 3 rings (SSSR count). The van der Waals surface area contributed by atoms with Gasteiger partial charge in [0.25, 0.3) is 5.56 Å². The number of hydrogen-bond donors (Lipinski definition) is 1. The molecule has 1 N–H and O–H groups in total. The number of carboxylic acid groups (broad SMARTS) is 1. The van der Waals surface area contributed by atoms with Crippen molar-refractivity contribution in [3.05, 3.63) is 57.0 Å². The van der Waals surface area contributed by atoms with Crippen LogP contribution in [0, 0.1) is 0 Å². The van der Waals surface area contributed by atoms with Crippen molar-refractivity contribution in [3.63, 3.8) is 0 Å². The number of aromatic nitrogens is 1. The molecule has 2 heterocycles. The van der Waals surface area contributed by atoms with Crippen molar-refractivity contribution >= 4 is 17.6 Å². The molecule has 0 radical (unpaired) electrons. The van der Waals surface area contributed by atoms with Crippen LogP contribution >= 0.6 is 11.6 Å². The number of benzene rings is 1. The molecular formula is C20H19ClF3NO5. The van der Waals surface area contributed by atoms with Crippen molar-refractivity contribution in [2.45, 2.75) is 37.8 Å². The molecule has 10 heteroatoms. The number of methoxy groups -OCH3 is 1. The molecule has 0 saturated heterocycles.